The molecule has 2 aliphatic rings. The van der Waals surface area contributed by atoms with E-state index in [9.17, 15) is 14.7 Å². The first-order valence-corrected chi connectivity index (χ1v) is 9.36. The average molecular weight is 376 g/mol. The summed E-state index contributed by atoms with van der Waals surface area (Å²) in [5.41, 5.74) is 0.315. The summed E-state index contributed by atoms with van der Waals surface area (Å²) in [6.45, 7) is 6.86. The molecular weight excluding hydrogens is 348 g/mol. The van der Waals surface area contributed by atoms with Gasteiger partial charge in [-0.2, -0.15) is 0 Å². The number of rotatable bonds is 2. The van der Waals surface area contributed by atoms with E-state index in [1.807, 2.05) is 30.3 Å². The van der Waals surface area contributed by atoms with Crippen LogP contribution in [0.2, 0.25) is 0 Å². The number of hydrogen-bond donors (Lipinski definition) is 1. The molecule has 2 saturated heterocycles. The molecule has 2 bridgehead atoms. The normalized spacial score (nSPS) is 25.1. The SMILES string of the molecule is CC(C)(C)OC(=O)N1C[C@H]2CC(CN(C(=O)OCc3ccccc3)C2)C1O. The Morgan fingerprint density at radius 1 is 1.11 bits per heavy atom. The quantitative estimate of drug-likeness (QED) is 0.859. The predicted molar refractivity (Wildman–Crippen MR) is 98.7 cm³/mol. The van der Waals surface area contributed by atoms with Crippen LogP contribution in [0.5, 0.6) is 0 Å². The van der Waals surface area contributed by atoms with E-state index >= 15 is 0 Å². The molecule has 0 radical (unpaired) electrons. The summed E-state index contributed by atoms with van der Waals surface area (Å²) < 4.78 is 10.8. The molecule has 3 atom stereocenters. The molecule has 0 aromatic heterocycles. The average Bonchev–Trinajstić information content (AvgIpc) is 2.62. The smallest absolute Gasteiger partial charge is 0.412 e. The number of amides is 2. The second-order valence-electron chi connectivity index (χ2n) is 8.35. The van der Waals surface area contributed by atoms with Crippen molar-refractivity contribution in [1.82, 2.24) is 9.80 Å². The van der Waals surface area contributed by atoms with Gasteiger partial charge in [0.25, 0.3) is 0 Å². The van der Waals surface area contributed by atoms with Crippen LogP contribution in [0.15, 0.2) is 30.3 Å². The van der Waals surface area contributed by atoms with Crippen LogP contribution in [-0.4, -0.2) is 58.6 Å². The Morgan fingerprint density at radius 2 is 1.81 bits per heavy atom. The molecule has 27 heavy (non-hydrogen) atoms. The van der Waals surface area contributed by atoms with Gasteiger partial charge in [-0.3, -0.25) is 4.90 Å². The Balaban J connectivity index is 1.57. The van der Waals surface area contributed by atoms with Crippen LogP contribution >= 0.6 is 0 Å². The van der Waals surface area contributed by atoms with Gasteiger partial charge in [0.1, 0.15) is 18.4 Å². The third-order valence-corrected chi connectivity index (χ3v) is 4.86. The van der Waals surface area contributed by atoms with Crippen molar-refractivity contribution in [3.8, 4) is 0 Å². The number of ether oxygens (including phenoxy) is 2. The lowest BCUT2D eigenvalue weighted by Gasteiger charge is -2.48. The van der Waals surface area contributed by atoms with Crippen molar-refractivity contribution in [2.45, 2.75) is 45.6 Å². The molecule has 1 aromatic rings. The second kappa shape index (κ2) is 7.76. The van der Waals surface area contributed by atoms with E-state index in [1.165, 1.54) is 4.90 Å². The van der Waals surface area contributed by atoms with Gasteiger partial charge in [0.15, 0.2) is 0 Å². The number of carbonyl (C=O) groups is 2. The van der Waals surface area contributed by atoms with Gasteiger partial charge in [-0.25, -0.2) is 9.59 Å². The number of piperidine rings is 2. The third-order valence-electron chi connectivity index (χ3n) is 4.86. The van der Waals surface area contributed by atoms with Gasteiger partial charge >= 0.3 is 12.2 Å². The lowest BCUT2D eigenvalue weighted by Crippen LogP contribution is -2.60. The van der Waals surface area contributed by atoms with Crippen LogP contribution in [0.4, 0.5) is 9.59 Å². The monoisotopic (exact) mass is 376 g/mol. The van der Waals surface area contributed by atoms with Crippen LogP contribution in [0, 0.1) is 11.8 Å². The van der Waals surface area contributed by atoms with Gasteiger partial charge in [0, 0.05) is 25.6 Å². The molecule has 2 amide bonds. The number of likely N-dealkylation sites (tertiary alicyclic amines) is 2. The van der Waals surface area contributed by atoms with Crippen molar-refractivity contribution >= 4 is 12.2 Å². The van der Waals surface area contributed by atoms with Crippen LogP contribution in [0.25, 0.3) is 0 Å². The molecule has 1 aromatic carbocycles. The molecular formula is C20H28N2O5. The van der Waals surface area contributed by atoms with Gasteiger partial charge < -0.3 is 19.5 Å². The first kappa shape index (κ1) is 19.5. The summed E-state index contributed by atoms with van der Waals surface area (Å²) in [4.78, 5) is 27.8. The summed E-state index contributed by atoms with van der Waals surface area (Å²) in [6.07, 6.45) is -1.07. The summed E-state index contributed by atoms with van der Waals surface area (Å²) >= 11 is 0. The van der Waals surface area contributed by atoms with Crippen molar-refractivity contribution in [2.24, 2.45) is 11.8 Å². The van der Waals surface area contributed by atoms with Crippen molar-refractivity contribution < 1.29 is 24.2 Å². The summed E-state index contributed by atoms with van der Waals surface area (Å²) in [5.74, 6) is -0.0989. The molecule has 7 nitrogen and oxygen atoms in total. The van der Waals surface area contributed by atoms with E-state index in [0.29, 0.717) is 19.6 Å². The fourth-order valence-electron chi connectivity index (χ4n) is 3.70. The zero-order valence-electron chi connectivity index (χ0n) is 16.1. The van der Waals surface area contributed by atoms with Crippen LogP contribution in [-0.2, 0) is 16.1 Å². The summed E-state index contributed by atoms with van der Waals surface area (Å²) in [7, 11) is 0. The van der Waals surface area contributed by atoms with E-state index in [1.54, 1.807) is 25.7 Å². The van der Waals surface area contributed by atoms with Crippen LogP contribution < -0.4 is 0 Å². The van der Waals surface area contributed by atoms with E-state index in [4.69, 9.17) is 9.47 Å². The number of nitrogens with zero attached hydrogens (tertiary/aromatic N) is 2. The minimum absolute atomic E-state index is 0.101. The molecule has 148 valence electrons. The molecule has 2 unspecified atom stereocenters. The minimum Gasteiger partial charge on any atom is -0.445 e. The largest absolute Gasteiger partial charge is 0.445 e. The number of aliphatic hydroxyl groups excluding tert-OH is 1. The number of hydrogen-bond acceptors (Lipinski definition) is 5. The van der Waals surface area contributed by atoms with E-state index in [0.717, 1.165) is 12.0 Å². The highest BCUT2D eigenvalue weighted by molar-refractivity contribution is 5.69. The molecule has 0 spiro atoms. The number of fused-ring (bicyclic) bond motifs is 2. The van der Waals surface area contributed by atoms with Crippen LogP contribution in [0.3, 0.4) is 0 Å². The van der Waals surface area contributed by atoms with E-state index in [-0.39, 0.29) is 24.5 Å². The molecule has 3 rings (SSSR count). The van der Waals surface area contributed by atoms with E-state index in [2.05, 4.69) is 0 Å². The Morgan fingerprint density at radius 3 is 2.48 bits per heavy atom. The van der Waals surface area contributed by atoms with Crippen molar-refractivity contribution in [3.63, 3.8) is 0 Å². The third kappa shape index (κ3) is 4.91. The fourth-order valence-corrected chi connectivity index (χ4v) is 3.70. The molecule has 2 heterocycles. The molecule has 0 aliphatic carbocycles. The standard InChI is InChI=1S/C20H28N2O5/c1-20(2,3)27-19(25)22-11-15-9-16(17(22)23)12-21(10-15)18(24)26-13-14-7-5-4-6-8-14/h4-8,15-17,23H,9-13H2,1-3H3/t15-,16?,17?/m0/s1. The Labute approximate surface area is 159 Å². The highest BCUT2D eigenvalue weighted by atomic mass is 16.6. The number of aliphatic hydroxyl groups is 1. The maximum absolute atomic E-state index is 12.4. The fraction of sp³-hybridized carbons (Fsp3) is 0.600. The minimum atomic E-state index is -0.958. The van der Waals surface area contributed by atoms with Gasteiger partial charge in [0.05, 0.1) is 0 Å². The van der Waals surface area contributed by atoms with Crippen molar-refractivity contribution in [1.29, 1.82) is 0 Å². The first-order valence-electron chi connectivity index (χ1n) is 9.36. The number of carbonyl (C=O) groups excluding carboxylic acids is 2. The topological polar surface area (TPSA) is 79.3 Å². The highest BCUT2D eigenvalue weighted by Crippen LogP contribution is 2.33. The molecule has 0 saturated carbocycles. The van der Waals surface area contributed by atoms with Gasteiger partial charge in [-0.15, -0.1) is 0 Å². The first-order chi connectivity index (χ1) is 12.7. The van der Waals surface area contributed by atoms with Crippen molar-refractivity contribution in [2.75, 3.05) is 19.6 Å². The lowest BCUT2D eigenvalue weighted by atomic mass is 9.83. The van der Waals surface area contributed by atoms with Crippen molar-refractivity contribution in [3.05, 3.63) is 35.9 Å². The summed E-state index contributed by atoms with van der Waals surface area (Å²) in [5, 5.41) is 10.6. The predicted octanol–water partition coefficient (Wildman–Crippen LogP) is 2.83. The lowest BCUT2D eigenvalue weighted by molar-refractivity contribution is -0.109. The van der Waals surface area contributed by atoms with Gasteiger partial charge in [-0.05, 0) is 38.7 Å². The highest BCUT2D eigenvalue weighted by Gasteiger charge is 2.44. The maximum Gasteiger partial charge on any atom is 0.412 e. The molecule has 1 N–H and O–H groups in total. The molecule has 2 fully saturated rings. The zero-order chi connectivity index (χ0) is 19.6. The second-order valence-corrected chi connectivity index (χ2v) is 8.35. The van der Waals surface area contributed by atoms with Crippen LogP contribution in [0.1, 0.15) is 32.8 Å². The van der Waals surface area contributed by atoms with Gasteiger partial charge in [0.2, 0.25) is 0 Å². The number of benzene rings is 1. The van der Waals surface area contributed by atoms with Gasteiger partial charge in [-0.1, -0.05) is 30.3 Å². The molecule has 2 aliphatic heterocycles. The summed E-state index contributed by atoms with van der Waals surface area (Å²) in [6, 6.07) is 9.52. The zero-order valence-corrected chi connectivity index (χ0v) is 16.1. The van der Waals surface area contributed by atoms with E-state index < -0.39 is 17.9 Å². The Hall–Kier alpha value is -2.28. The molecule has 7 heteroatoms. The Bertz CT molecular complexity index is 673. The maximum atomic E-state index is 12.4. The Kier molecular flexibility index (Phi) is 5.60.